The lowest BCUT2D eigenvalue weighted by Gasteiger charge is -2.62. The molecule has 1 heterocycles. The summed E-state index contributed by atoms with van der Waals surface area (Å²) in [7, 11) is 1.81. The number of likely N-dealkylation sites (tertiary alicyclic amines) is 1. The number of rotatable bonds is 4. The molecule has 25 heavy (non-hydrogen) atoms. The summed E-state index contributed by atoms with van der Waals surface area (Å²) in [6.07, 6.45) is 0. The predicted molar refractivity (Wildman–Crippen MR) is 115 cm³/mol. The van der Waals surface area contributed by atoms with Gasteiger partial charge in [0.25, 0.3) is 5.91 Å². The first-order valence-electron chi connectivity index (χ1n) is 8.58. The van der Waals surface area contributed by atoms with Crippen LogP contribution in [0.15, 0.2) is 29.3 Å². The maximum atomic E-state index is 11.9. The molecule has 0 radical (unpaired) electrons. The molecule has 1 aromatic carbocycles. The Morgan fingerprint density at radius 1 is 1.24 bits per heavy atom. The van der Waals surface area contributed by atoms with E-state index in [1.807, 2.05) is 38.2 Å². The number of benzene rings is 1. The molecular formula is C19H31IN4O. The van der Waals surface area contributed by atoms with Crippen LogP contribution in [0.1, 0.15) is 50.5 Å². The van der Waals surface area contributed by atoms with Crippen LogP contribution in [0, 0.1) is 5.41 Å². The van der Waals surface area contributed by atoms with Gasteiger partial charge in [-0.2, -0.15) is 0 Å². The zero-order valence-corrected chi connectivity index (χ0v) is 18.5. The van der Waals surface area contributed by atoms with Crippen LogP contribution in [0.25, 0.3) is 0 Å². The van der Waals surface area contributed by atoms with Crippen LogP contribution in [0.3, 0.4) is 0 Å². The Morgan fingerprint density at radius 3 is 2.44 bits per heavy atom. The Balaban J connectivity index is 0.00000312. The minimum atomic E-state index is -0.0330. The number of carbonyl (C=O) groups is 1. The topological polar surface area (TPSA) is 56.7 Å². The van der Waals surface area contributed by atoms with Gasteiger partial charge in [-0.25, -0.2) is 0 Å². The van der Waals surface area contributed by atoms with Crippen molar-refractivity contribution in [3.8, 4) is 0 Å². The smallest absolute Gasteiger partial charge is 0.251 e. The monoisotopic (exact) mass is 458 g/mol. The lowest BCUT2D eigenvalue weighted by molar-refractivity contribution is -0.0667. The van der Waals surface area contributed by atoms with Gasteiger partial charge < -0.3 is 15.5 Å². The molecule has 1 aliphatic heterocycles. The third-order valence-corrected chi connectivity index (χ3v) is 5.33. The van der Waals surface area contributed by atoms with Gasteiger partial charge in [0, 0.05) is 43.2 Å². The van der Waals surface area contributed by atoms with Crippen LogP contribution in [0.4, 0.5) is 0 Å². The highest BCUT2D eigenvalue weighted by Crippen LogP contribution is 2.46. The lowest BCUT2D eigenvalue weighted by Crippen LogP contribution is -2.72. The van der Waals surface area contributed by atoms with Gasteiger partial charge in [0.2, 0.25) is 0 Å². The van der Waals surface area contributed by atoms with Crippen LogP contribution < -0.4 is 10.6 Å². The molecule has 2 rings (SSSR count). The van der Waals surface area contributed by atoms with Crippen molar-refractivity contribution in [2.45, 2.75) is 46.7 Å². The van der Waals surface area contributed by atoms with Crippen LogP contribution in [0.5, 0.6) is 0 Å². The first-order valence-corrected chi connectivity index (χ1v) is 8.58. The van der Waals surface area contributed by atoms with Crippen molar-refractivity contribution in [3.05, 3.63) is 35.4 Å². The Labute approximate surface area is 168 Å². The highest BCUT2D eigenvalue weighted by molar-refractivity contribution is 14.0. The second-order valence-corrected chi connectivity index (χ2v) is 7.49. The average molecular weight is 458 g/mol. The molecule has 0 aromatic heterocycles. The van der Waals surface area contributed by atoms with E-state index < -0.39 is 0 Å². The molecule has 0 bridgehead atoms. The molecule has 1 saturated heterocycles. The van der Waals surface area contributed by atoms with Gasteiger partial charge in [-0.1, -0.05) is 26.0 Å². The number of guanidine groups is 1. The van der Waals surface area contributed by atoms with Gasteiger partial charge in [-0.05, 0) is 38.5 Å². The van der Waals surface area contributed by atoms with E-state index in [1.54, 1.807) is 0 Å². The number of hydrogen-bond donors (Lipinski definition) is 2. The molecule has 1 aromatic rings. The fraction of sp³-hybridized carbons (Fsp3) is 0.579. The summed E-state index contributed by atoms with van der Waals surface area (Å²) in [5.74, 6) is 0.872. The summed E-state index contributed by atoms with van der Waals surface area (Å²) >= 11 is 0. The summed E-state index contributed by atoms with van der Waals surface area (Å²) in [4.78, 5) is 18.7. The number of aliphatic imine (C=N–C) groups is 1. The molecule has 1 fully saturated rings. The quantitative estimate of drug-likeness (QED) is 0.414. The number of carbonyl (C=O) groups excluding carboxylic acids is 1. The highest BCUT2D eigenvalue weighted by Gasteiger charge is 2.53. The van der Waals surface area contributed by atoms with Gasteiger partial charge in [0.05, 0.1) is 0 Å². The maximum absolute atomic E-state index is 11.9. The van der Waals surface area contributed by atoms with Crippen molar-refractivity contribution in [3.63, 3.8) is 0 Å². The van der Waals surface area contributed by atoms with Crippen molar-refractivity contribution in [1.82, 2.24) is 15.5 Å². The Morgan fingerprint density at radius 2 is 1.92 bits per heavy atom. The normalized spacial score (nSPS) is 18.0. The molecule has 140 valence electrons. The first kappa shape index (κ1) is 21.7. The summed E-state index contributed by atoms with van der Waals surface area (Å²) in [6.45, 7) is 13.3. The molecular weight excluding hydrogens is 427 g/mol. The SMILES string of the molecule is CCNC(=O)c1cccc(CNC(=NC)N2CC(C)(C)C2(C)C)c1.I. The second kappa shape index (κ2) is 8.38. The summed E-state index contributed by atoms with van der Waals surface area (Å²) in [5, 5.41) is 6.25. The maximum Gasteiger partial charge on any atom is 0.251 e. The Bertz CT molecular complexity index is 640. The van der Waals surface area contributed by atoms with Crippen molar-refractivity contribution >= 4 is 35.8 Å². The number of nitrogens with one attached hydrogen (secondary N) is 2. The van der Waals surface area contributed by atoms with E-state index in [0.29, 0.717) is 18.7 Å². The van der Waals surface area contributed by atoms with E-state index in [-0.39, 0.29) is 40.8 Å². The minimum Gasteiger partial charge on any atom is -0.352 e. The van der Waals surface area contributed by atoms with Crippen LogP contribution >= 0.6 is 24.0 Å². The molecule has 5 nitrogen and oxygen atoms in total. The third-order valence-electron chi connectivity index (χ3n) is 5.33. The minimum absolute atomic E-state index is 0. The molecule has 0 spiro atoms. The summed E-state index contributed by atoms with van der Waals surface area (Å²) in [6, 6.07) is 7.70. The highest BCUT2D eigenvalue weighted by atomic mass is 127. The van der Waals surface area contributed by atoms with Crippen molar-refractivity contribution in [2.75, 3.05) is 20.1 Å². The molecule has 0 unspecified atom stereocenters. The standard InChI is InChI=1S/C19H30N4O.HI/c1-7-21-16(24)15-10-8-9-14(11-15)12-22-17(20-6)23-13-18(2,3)19(23,4)5;/h8-11H,7,12-13H2,1-6H3,(H,20,22)(H,21,24);1H. The van der Waals surface area contributed by atoms with Crippen LogP contribution in [-0.2, 0) is 6.54 Å². The number of halogens is 1. The Kier molecular flexibility index (Phi) is 7.28. The van der Waals surface area contributed by atoms with Crippen LogP contribution in [-0.4, -0.2) is 42.4 Å². The van der Waals surface area contributed by atoms with Crippen LogP contribution in [0.2, 0.25) is 0 Å². The molecule has 1 aliphatic rings. The van der Waals surface area contributed by atoms with Gasteiger partial charge in [-0.3, -0.25) is 9.79 Å². The largest absolute Gasteiger partial charge is 0.352 e. The molecule has 6 heteroatoms. The number of nitrogens with zero attached hydrogens (tertiary/aromatic N) is 2. The van der Waals surface area contributed by atoms with E-state index in [2.05, 4.69) is 48.2 Å². The summed E-state index contributed by atoms with van der Waals surface area (Å²) < 4.78 is 0. The number of hydrogen-bond acceptors (Lipinski definition) is 2. The van der Waals surface area contributed by atoms with E-state index in [1.165, 1.54) is 0 Å². The molecule has 0 aliphatic carbocycles. The first-order chi connectivity index (χ1) is 11.2. The van der Waals surface area contributed by atoms with Gasteiger partial charge in [-0.15, -0.1) is 24.0 Å². The fourth-order valence-corrected chi connectivity index (χ4v) is 2.96. The predicted octanol–water partition coefficient (Wildman–Crippen LogP) is 3.25. The molecule has 0 atom stereocenters. The van der Waals surface area contributed by atoms with E-state index in [0.717, 1.165) is 18.1 Å². The van der Waals surface area contributed by atoms with Gasteiger partial charge in [0.15, 0.2) is 5.96 Å². The van der Waals surface area contributed by atoms with E-state index in [4.69, 9.17) is 0 Å². The summed E-state index contributed by atoms with van der Waals surface area (Å²) in [5.41, 5.74) is 2.09. The van der Waals surface area contributed by atoms with Crippen molar-refractivity contribution < 1.29 is 4.79 Å². The van der Waals surface area contributed by atoms with Crippen molar-refractivity contribution in [2.24, 2.45) is 10.4 Å². The van der Waals surface area contributed by atoms with E-state index >= 15 is 0 Å². The van der Waals surface area contributed by atoms with E-state index in [9.17, 15) is 4.79 Å². The third kappa shape index (κ3) is 4.46. The zero-order valence-electron chi connectivity index (χ0n) is 16.1. The lowest BCUT2D eigenvalue weighted by atomic mass is 9.65. The molecule has 1 amide bonds. The fourth-order valence-electron chi connectivity index (χ4n) is 2.96. The second-order valence-electron chi connectivity index (χ2n) is 7.49. The average Bonchev–Trinajstić information content (AvgIpc) is 2.55. The number of amides is 1. The van der Waals surface area contributed by atoms with Gasteiger partial charge in [0.1, 0.15) is 0 Å². The molecule has 0 saturated carbocycles. The zero-order chi connectivity index (χ0) is 18.0. The van der Waals surface area contributed by atoms with Crippen molar-refractivity contribution in [1.29, 1.82) is 0 Å². The van der Waals surface area contributed by atoms with Gasteiger partial charge >= 0.3 is 0 Å². The Hall–Kier alpha value is -1.31. The molecule has 2 N–H and O–H groups in total.